The Hall–Kier alpha value is -1.85. The minimum atomic E-state index is -0.829. The zero-order valence-corrected chi connectivity index (χ0v) is 9.67. The molecule has 0 saturated carbocycles. The Kier molecular flexibility index (Phi) is 3.12. The zero-order valence-electron chi connectivity index (χ0n) is 9.67. The minimum absolute atomic E-state index is 0.131. The van der Waals surface area contributed by atoms with E-state index in [0.717, 1.165) is 0 Å². The van der Waals surface area contributed by atoms with Gasteiger partial charge in [0, 0.05) is 25.8 Å². The van der Waals surface area contributed by atoms with Gasteiger partial charge in [-0.3, -0.25) is 14.3 Å². The normalized spacial score (nSPS) is 19.6. The van der Waals surface area contributed by atoms with E-state index in [9.17, 15) is 9.59 Å². The van der Waals surface area contributed by atoms with Crippen molar-refractivity contribution in [2.75, 3.05) is 13.1 Å². The highest BCUT2D eigenvalue weighted by atomic mass is 16.4. The number of hydrogen-bond acceptors (Lipinski definition) is 3. The number of hydrogen-bond donors (Lipinski definition) is 1. The molecule has 1 amide bonds. The van der Waals surface area contributed by atoms with E-state index in [-0.39, 0.29) is 5.91 Å². The van der Waals surface area contributed by atoms with Gasteiger partial charge < -0.3 is 10.0 Å². The molecule has 1 fully saturated rings. The number of likely N-dealkylation sites (tertiary alicyclic amines) is 1. The predicted molar refractivity (Wildman–Crippen MR) is 59.5 cm³/mol. The van der Waals surface area contributed by atoms with Crippen LogP contribution in [0.1, 0.15) is 23.8 Å². The predicted octanol–water partition coefficient (Wildman–Crippen LogP) is 0.450. The maximum atomic E-state index is 12.1. The minimum Gasteiger partial charge on any atom is -0.481 e. The summed E-state index contributed by atoms with van der Waals surface area (Å²) in [7, 11) is 0. The van der Waals surface area contributed by atoms with Crippen LogP contribution in [0.4, 0.5) is 0 Å². The largest absolute Gasteiger partial charge is 0.481 e. The molecule has 1 aromatic heterocycles. The number of rotatable bonds is 3. The summed E-state index contributed by atoms with van der Waals surface area (Å²) in [6, 6.07) is 1.67. The molecule has 2 rings (SSSR count). The second-order valence-electron chi connectivity index (χ2n) is 4.11. The van der Waals surface area contributed by atoms with Gasteiger partial charge in [-0.15, -0.1) is 0 Å². The molecular weight excluding hydrogens is 222 g/mol. The molecule has 0 aliphatic carbocycles. The van der Waals surface area contributed by atoms with Crippen molar-refractivity contribution in [1.82, 2.24) is 14.7 Å². The fraction of sp³-hybridized carbons (Fsp3) is 0.545. The van der Waals surface area contributed by atoms with Crippen molar-refractivity contribution >= 4 is 11.9 Å². The van der Waals surface area contributed by atoms with Crippen molar-refractivity contribution in [3.05, 3.63) is 18.0 Å². The molecule has 0 spiro atoms. The number of carbonyl (C=O) groups excluding carboxylic acids is 1. The van der Waals surface area contributed by atoms with Crippen molar-refractivity contribution in [3.8, 4) is 0 Å². The summed E-state index contributed by atoms with van der Waals surface area (Å²) in [6.45, 7) is 3.34. The van der Waals surface area contributed by atoms with Crippen molar-refractivity contribution in [3.63, 3.8) is 0 Å². The fourth-order valence-electron chi connectivity index (χ4n) is 2.07. The summed E-state index contributed by atoms with van der Waals surface area (Å²) in [5, 5.41) is 12.9. The van der Waals surface area contributed by atoms with Gasteiger partial charge in [-0.25, -0.2) is 0 Å². The third kappa shape index (κ3) is 2.15. The van der Waals surface area contributed by atoms with Crippen LogP contribution in [0.3, 0.4) is 0 Å². The summed E-state index contributed by atoms with van der Waals surface area (Å²) >= 11 is 0. The van der Waals surface area contributed by atoms with Crippen molar-refractivity contribution in [2.45, 2.75) is 19.9 Å². The molecule has 6 nitrogen and oxygen atoms in total. The van der Waals surface area contributed by atoms with Gasteiger partial charge in [-0.2, -0.15) is 5.10 Å². The lowest BCUT2D eigenvalue weighted by Gasteiger charge is -2.16. The molecule has 2 heterocycles. The Morgan fingerprint density at radius 3 is 2.94 bits per heavy atom. The van der Waals surface area contributed by atoms with Gasteiger partial charge in [0.05, 0.1) is 5.92 Å². The highest BCUT2D eigenvalue weighted by Crippen LogP contribution is 2.18. The lowest BCUT2D eigenvalue weighted by Crippen LogP contribution is -2.31. The second kappa shape index (κ2) is 4.57. The van der Waals surface area contributed by atoms with Crippen molar-refractivity contribution in [1.29, 1.82) is 0 Å². The van der Waals surface area contributed by atoms with Crippen LogP contribution in [0, 0.1) is 5.92 Å². The molecule has 0 bridgehead atoms. The first kappa shape index (κ1) is 11.6. The van der Waals surface area contributed by atoms with E-state index in [1.165, 1.54) is 0 Å². The molecule has 0 unspecified atom stereocenters. The first-order chi connectivity index (χ1) is 8.13. The van der Waals surface area contributed by atoms with E-state index in [2.05, 4.69) is 5.10 Å². The standard InChI is InChI=1S/C11H15N3O3/c1-2-14-9(3-5-12-14)10(15)13-6-4-8(7-13)11(16)17/h3,5,8H,2,4,6-7H2,1H3,(H,16,17)/t8-/m0/s1. The smallest absolute Gasteiger partial charge is 0.308 e. The highest BCUT2D eigenvalue weighted by molar-refractivity contribution is 5.93. The number of aromatic nitrogens is 2. The maximum Gasteiger partial charge on any atom is 0.308 e. The number of aryl methyl sites for hydroxylation is 1. The van der Waals surface area contributed by atoms with E-state index in [0.29, 0.717) is 31.7 Å². The van der Waals surface area contributed by atoms with E-state index in [4.69, 9.17) is 5.11 Å². The Balaban J connectivity index is 2.09. The van der Waals surface area contributed by atoms with Crippen molar-refractivity contribution in [2.24, 2.45) is 5.92 Å². The molecule has 0 aromatic carbocycles. The van der Waals surface area contributed by atoms with Gasteiger partial charge in [0.2, 0.25) is 0 Å². The number of nitrogens with zero attached hydrogens (tertiary/aromatic N) is 3. The molecule has 6 heteroatoms. The van der Waals surface area contributed by atoms with E-state index in [1.807, 2.05) is 6.92 Å². The highest BCUT2D eigenvalue weighted by Gasteiger charge is 2.32. The number of aliphatic carboxylic acids is 1. The van der Waals surface area contributed by atoms with Crippen LogP contribution in [0.25, 0.3) is 0 Å². The van der Waals surface area contributed by atoms with Crippen LogP contribution >= 0.6 is 0 Å². The summed E-state index contributed by atoms with van der Waals surface area (Å²) in [5.41, 5.74) is 0.526. The van der Waals surface area contributed by atoms with Crippen molar-refractivity contribution < 1.29 is 14.7 Å². The Labute approximate surface area is 98.8 Å². The second-order valence-corrected chi connectivity index (χ2v) is 4.11. The van der Waals surface area contributed by atoms with Crippen LogP contribution in [-0.2, 0) is 11.3 Å². The molecule has 1 atom stereocenters. The Morgan fingerprint density at radius 1 is 1.59 bits per heavy atom. The Bertz CT molecular complexity index is 441. The number of carboxylic acids is 1. The molecule has 1 N–H and O–H groups in total. The monoisotopic (exact) mass is 237 g/mol. The van der Waals surface area contributed by atoms with Gasteiger partial charge in [-0.05, 0) is 19.4 Å². The van der Waals surface area contributed by atoms with Crippen LogP contribution in [0.15, 0.2) is 12.3 Å². The van der Waals surface area contributed by atoms with Gasteiger partial charge in [0.15, 0.2) is 0 Å². The lowest BCUT2D eigenvalue weighted by molar-refractivity contribution is -0.141. The van der Waals surface area contributed by atoms with Gasteiger partial charge in [0.1, 0.15) is 5.69 Å². The number of carbonyl (C=O) groups is 2. The molecular formula is C11H15N3O3. The topological polar surface area (TPSA) is 75.4 Å². The first-order valence-corrected chi connectivity index (χ1v) is 5.67. The van der Waals surface area contributed by atoms with Crippen LogP contribution < -0.4 is 0 Å². The molecule has 92 valence electrons. The summed E-state index contributed by atoms with van der Waals surface area (Å²) in [5.74, 6) is -1.39. The maximum absolute atomic E-state index is 12.1. The third-order valence-corrected chi connectivity index (χ3v) is 3.06. The quantitative estimate of drug-likeness (QED) is 0.828. The van der Waals surface area contributed by atoms with Crippen LogP contribution in [0.5, 0.6) is 0 Å². The summed E-state index contributed by atoms with van der Waals surface area (Å²) in [6.07, 6.45) is 2.11. The van der Waals surface area contributed by atoms with Crippen LogP contribution in [0.2, 0.25) is 0 Å². The van der Waals surface area contributed by atoms with Gasteiger partial charge in [0.25, 0.3) is 5.91 Å². The first-order valence-electron chi connectivity index (χ1n) is 5.67. The van der Waals surface area contributed by atoms with E-state index < -0.39 is 11.9 Å². The zero-order chi connectivity index (χ0) is 12.4. The van der Waals surface area contributed by atoms with Crippen LogP contribution in [-0.4, -0.2) is 44.8 Å². The third-order valence-electron chi connectivity index (χ3n) is 3.06. The summed E-state index contributed by atoms with van der Waals surface area (Å²) in [4.78, 5) is 24.5. The number of amides is 1. The van der Waals surface area contributed by atoms with E-state index >= 15 is 0 Å². The number of carboxylic acid groups (broad SMARTS) is 1. The molecule has 1 aliphatic rings. The van der Waals surface area contributed by atoms with Gasteiger partial charge >= 0.3 is 5.97 Å². The van der Waals surface area contributed by atoms with E-state index in [1.54, 1.807) is 21.8 Å². The molecule has 0 radical (unpaired) electrons. The lowest BCUT2D eigenvalue weighted by atomic mass is 10.1. The molecule has 1 aromatic rings. The van der Waals surface area contributed by atoms with Gasteiger partial charge in [-0.1, -0.05) is 0 Å². The average Bonchev–Trinajstić information content (AvgIpc) is 2.96. The fourth-order valence-corrected chi connectivity index (χ4v) is 2.07. The average molecular weight is 237 g/mol. The SMILES string of the molecule is CCn1nccc1C(=O)N1CC[C@H](C(=O)O)C1. The molecule has 17 heavy (non-hydrogen) atoms. The summed E-state index contributed by atoms with van der Waals surface area (Å²) < 4.78 is 1.62. The Morgan fingerprint density at radius 2 is 2.35 bits per heavy atom. The molecule has 1 aliphatic heterocycles. The molecule has 1 saturated heterocycles.